The van der Waals surface area contributed by atoms with Crippen molar-refractivity contribution in [1.82, 2.24) is 5.32 Å². The summed E-state index contributed by atoms with van der Waals surface area (Å²) in [6.07, 6.45) is -0.620. The first-order valence-electron chi connectivity index (χ1n) is 5.67. The first-order valence-corrected chi connectivity index (χ1v) is 6.58. The number of alkyl carbamates (subject to hydrolysis) is 1. The van der Waals surface area contributed by atoms with Crippen molar-refractivity contribution in [2.75, 3.05) is 6.61 Å². The normalized spacial score (nSPS) is 33.5. The Kier molecular flexibility index (Phi) is 4.80. The van der Waals surface area contributed by atoms with Crippen LogP contribution in [0.15, 0.2) is 0 Å². The lowest BCUT2D eigenvalue weighted by atomic mass is 10.1. The van der Waals surface area contributed by atoms with Gasteiger partial charge in [-0.3, -0.25) is 0 Å². The van der Waals surface area contributed by atoms with E-state index in [0.717, 1.165) is 0 Å². The number of aliphatic hydroxyl groups excluding tert-OH is 2. The van der Waals surface area contributed by atoms with Crippen LogP contribution >= 0.6 is 15.9 Å². The van der Waals surface area contributed by atoms with Crippen molar-refractivity contribution in [2.24, 2.45) is 5.92 Å². The summed E-state index contributed by atoms with van der Waals surface area (Å²) in [5.74, 6) is -0.209. The monoisotopic (exact) mass is 309 g/mol. The minimum absolute atomic E-state index is 0.0875. The van der Waals surface area contributed by atoms with E-state index in [1.165, 1.54) is 0 Å². The molecule has 5 nitrogen and oxygen atoms in total. The van der Waals surface area contributed by atoms with Crippen molar-refractivity contribution in [2.45, 2.75) is 49.8 Å². The average Bonchev–Trinajstić information content (AvgIpc) is 2.43. The number of alkyl halides is 1. The van der Waals surface area contributed by atoms with E-state index < -0.39 is 17.8 Å². The van der Waals surface area contributed by atoms with E-state index in [0.29, 0.717) is 6.42 Å². The molecule has 17 heavy (non-hydrogen) atoms. The van der Waals surface area contributed by atoms with Gasteiger partial charge in [0.15, 0.2) is 0 Å². The number of hydrogen-bond donors (Lipinski definition) is 3. The molecule has 0 spiro atoms. The maximum Gasteiger partial charge on any atom is 0.407 e. The quantitative estimate of drug-likeness (QED) is 0.665. The summed E-state index contributed by atoms with van der Waals surface area (Å²) in [6, 6.07) is -0.225. The maximum atomic E-state index is 11.6. The van der Waals surface area contributed by atoms with Crippen molar-refractivity contribution in [3.8, 4) is 0 Å². The van der Waals surface area contributed by atoms with Crippen LogP contribution in [0.3, 0.4) is 0 Å². The molecular formula is C11H20BrNO4. The lowest BCUT2D eigenvalue weighted by Gasteiger charge is -2.23. The van der Waals surface area contributed by atoms with E-state index >= 15 is 0 Å². The summed E-state index contributed by atoms with van der Waals surface area (Å²) in [6.45, 7) is 5.28. The highest BCUT2D eigenvalue weighted by Crippen LogP contribution is 2.31. The number of ether oxygens (including phenoxy) is 1. The number of halogens is 1. The first-order chi connectivity index (χ1) is 7.74. The summed E-state index contributed by atoms with van der Waals surface area (Å²) in [4.78, 5) is 11.3. The van der Waals surface area contributed by atoms with Crippen molar-refractivity contribution >= 4 is 22.0 Å². The number of rotatable bonds is 2. The standard InChI is InChI=1S/C11H20BrNO4/c1-11(2,3)17-10(16)13-7-4-6(5-14)9(15)8(7)12/h6-9,14-15H,4-5H2,1-3H3,(H,13,16)/t6-,7?,8?,9+/m0/s1. The molecule has 1 rings (SSSR count). The van der Waals surface area contributed by atoms with Crippen LogP contribution in [0.2, 0.25) is 0 Å². The molecule has 1 amide bonds. The van der Waals surface area contributed by atoms with E-state index in [9.17, 15) is 9.90 Å². The zero-order valence-corrected chi connectivity index (χ0v) is 11.9. The summed E-state index contributed by atoms with van der Waals surface area (Å²) in [5, 5.41) is 21.5. The minimum Gasteiger partial charge on any atom is -0.444 e. The highest BCUT2D eigenvalue weighted by molar-refractivity contribution is 9.09. The summed E-state index contributed by atoms with van der Waals surface area (Å²) in [7, 11) is 0. The molecule has 6 heteroatoms. The molecule has 0 heterocycles. The Labute approximate surface area is 110 Å². The van der Waals surface area contributed by atoms with Crippen molar-refractivity contribution < 1.29 is 19.7 Å². The Hall–Kier alpha value is -0.330. The molecule has 0 bridgehead atoms. The predicted molar refractivity (Wildman–Crippen MR) is 67.1 cm³/mol. The van der Waals surface area contributed by atoms with Gasteiger partial charge in [0.25, 0.3) is 0 Å². The van der Waals surface area contributed by atoms with Crippen LogP contribution in [-0.2, 0) is 4.74 Å². The number of aliphatic hydroxyl groups is 2. The zero-order chi connectivity index (χ0) is 13.2. The Morgan fingerprint density at radius 3 is 2.53 bits per heavy atom. The van der Waals surface area contributed by atoms with Crippen LogP contribution in [-0.4, -0.2) is 45.5 Å². The Balaban J connectivity index is 2.50. The summed E-state index contributed by atoms with van der Waals surface area (Å²) in [5.41, 5.74) is -0.542. The molecule has 0 aromatic heterocycles. The fourth-order valence-electron chi connectivity index (χ4n) is 1.87. The first kappa shape index (κ1) is 14.7. The zero-order valence-electron chi connectivity index (χ0n) is 10.3. The fraction of sp³-hybridized carbons (Fsp3) is 0.909. The van der Waals surface area contributed by atoms with Gasteiger partial charge in [-0.25, -0.2) is 4.79 Å². The lowest BCUT2D eigenvalue weighted by Crippen LogP contribution is -2.42. The van der Waals surface area contributed by atoms with E-state index in [1.54, 1.807) is 20.8 Å². The molecule has 2 unspecified atom stereocenters. The molecule has 1 aliphatic carbocycles. The SMILES string of the molecule is CC(C)(C)OC(=O)NC1C[C@@H](CO)[C@@H](O)C1Br. The molecular weight excluding hydrogens is 290 g/mol. The molecule has 1 saturated carbocycles. The van der Waals surface area contributed by atoms with E-state index in [2.05, 4.69) is 21.2 Å². The molecule has 1 aliphatic rings. The van der Waals surface area contributed by atoms with Crippen molar-refractivity contribution in [3.05, 3.63) is 0 Å². The van der Waals surface area contributed by atoms with Crippen LogP contribution in [0.25, 0.3) is 0 Å². The second-order valence-electron chi connectivity index (χ2n) is 5.37. The minimum atomic E-state index is -0.653. The summed E-state index contributed by atoms with van der Waals surface area (Å²) >= 11 is 3.33. The third-order valence-electron chi connectivity index (χ3n) is 2.69. The number of amides is 1. The topological polar surface area (TPSA) is 78.8 Å². The average molecular weight is 310 g/mol. The second-order valence-corrected chi connectivity index (χ2v) is 6.42. The van der Waals surface area contributed by atoms with Crippen LogP contribution in [0.1, 0.15) is 27.2 Å². The third-order valence-corrected chi connectivity index (χ3v) is 3.87. The molecule has 100 valence electrons. The second kappa shape index (κ2) is 5.54. The van der Waals surface area contributed by atoms with Gasteiger partial charge in [-0.2, -0.15) is 0 Å². The molecule has 3 N–H and O–H groups in total. The van der Waals surface area contributed by atoms with Crippen LogP contribution < -0.4 is 5.32 Å². The van der Waals surface area contributed by atoms with Crippen LogP contribution in [0.4, 0.5) is 4.79 Å². The predicted octanol–water partition coefficient (Wildman–Crippen LogP) is 1.02. The summed E-state index contributed by atoms with van der Waals surface area (Å²) < 4.78 is 5.14. The van der Waals surface area contributed by atoms with Gasteiger partial charge in [0.05, 0.1) is 10.9 Å². The number of nitrogens with one attached hydrogen (secondary N) is 1. The molecule has 0 aromatic carbocycles. The van der Waals surface area contributed by atoms with Crippen LogP contribution in [0, 0.1) is 5.92 Å². The van der Waals surface area contributed by atoms with Crippen molar-refractivity contribution in [1.29, 1.82) is 0 Å². The molecule has 0 saturated heterocycles. The Morgan fingerprint density at radius 2 is 2.12 bits per heavy atom. The fourth-order valence-corrected chi connectivity index (χ4v) is 2.65. The smallest absolute Gasteiger partial charge is 0.407 e. The molecule has 0 radical (unpaired) electrons. The highest BCUT2D eigenvalue weighted by Gasteiger charge is 2.41. The van der Waals surface area contributed by atoms with Gasteiger partial charge in [-0.1, -0.05) is 15.9 Å². The molecule has 1 fully saturated rings. The largest absolute Gasteiger partial charge is 0.444 e. The Bertz CT molecular complexity index is 279. The van der Waals surface area contributed by atoms with Gasteiger partial charge in [-0.15, -0.1) is 0 Å². The Morgan fingerprint density at radius 1 is 1.53 bits per heavy atom. The van der Waals surface area contributed by atoms with E-state index in [4.69, 9.17) is 9.84 Å². The van der Waals surface area contributed by atoms with Gasteiger partial charge < -0.3 is 20.3 Å². The number of carbonyl (C=O) groups is 1. The van der Waals surface area contributed by atoms with Crippen molar-refractivity contribution in [3.63, 3.8) is 0 Å². The number of hydrogen-bond acceptors (Lipinski definition) is 4. The lowest BCUT2D eigenvalue weighted by molar-refractivity contribution is 0.0504. The third kappa shape index (κ3) is 4.12. The number of carbonyl (C=O) groups excluding carboxylic acids is 1. The van der Waals surface area contributed by atoms with E-state index in [-0.39, 0.29) is 23.4 Å². The molecule has 0 aromatic rings. The van der Waals surface area contributed by atoms with Gasteiger partial charge in [0.2, 0.25) is 0 Å². The molecule has 0 aliphatic heterocycles. The van der Waals surface area contributed by atoms with Crippen LogP contribution in [0.5, 0.6) is 0 Å². The van der Waals surface area contributed by atoms with Gasteiger partial charge >= 0.3 is 6.09 Å². The molecule has 4 atom stereocenters. The van der Waals surface area contributed by atoms with Gasteiger partial charge in [0, 0.05) is 18.6 Å². The maximum absolute atomic E-state index is 11.6. The highest BCUT2D eigenvalue weighted by atomic mass is 79.9. The van der Waals surface area contributed by atoms with Gasteiger partial charge in [0.1, 0.15) is 5.60 Å². The van der Waals surface area contributed by atoms with E-state index in [1.807, 2.05) is 0 Å². The van der Waals surface area contributed by atoms with Gasteiger partial charge in [-0.05, 0) is 27.2 Å².